The van der Waals surface area contributed by atoms with E-state index in [9.17, 15) is 9.90 Å². The Morgan fingerprint density at radius 1 is 1.50 bits per heavy atom. The molecule has 0 aliphatic heterocycles. The predicted octanol–water partition coefficient (Wildman–Crippen LogP) is 0.932. The number of fused-ring (bicyclic) bond motifs is 1. The molecular formula is C14H19N3O3. The zero-order chi connectivity index (χ0) is 14.9. The van der Waals surface area contributed by atoms with Gasteiger partial charge < -0.3 is 14.8 Å². The van der Waals surface area contributed by atoms with E-state index in [1.54, 1.807) is 11.9 Å². The van der Waals surface area contributed by atoms with E-state index in [1.165, 1.54) is 0 Å². The molecule has 1 aromatic heterocycles. The van der Waals surface area contributed by atoms with Gasteiger partial charge in [0.05, 0.1) is 23.7 Å². The Kier molecular flexibility index (Phi) is 4.06. The molecule has 1 aromatic carbocycles. The Labute approximate surface area is 117 Å². The highest BCUT2D eigenvalue weighted by molar-refractivity contribution is 5.76. The number of carboxylic acids is 1. The summed E-state index contributed by atoms with van der Waals surface area (Å²) in [7, 11) is 3.61. The van der Waals surface area contributed by atoms with Gasteiger partial charge >= 0.3 is 5.97 Å². The van der Waals surface area contributed by atoms with Crippen LogP contribution in [-0.2, 0) is 11.8 Å². The molecule has 0 saturated carbocycles. The molecule has 6 nitrogen and oxygen atoms in total. The van der Waals surface area contributed by atoms with Crippen molar-refractivity contribution >= 4 is 17.0 Å². The first-order valence-corrected chi connectivity index (χ1v) is 6.40. The number of likely N-dealkylation sites (N-methyl/N-ethyl adjacent to an activating group) is 1. The van der Waals surface area contributed by atoms with Crippen LogP contribution in [0, 0.1) is 6.92 Å². The molecule has 0 aliphatic rings. The Morgan fingerprint density at radius 3 is 2.85 bits per heavy atom. The quantitative estimate of drug-likeness (QED) is 0.850. The van der Waals surface area contributed by atoms with Crippen molar-refractivity contribution in [3.63, 3.8) is 0 Å². The number of hydrogen-bond donors (Lipinski definition) is 2. The number of imidazole rings is 1. The van der Waals surface area contributed by atoms with Crippen LogP contribution < -0.4 is 0 Å². The number of aliphatic hydroxyl groups is 1. The first-order valence-electron chi connectivity index (χ1n) is 6.40. The van der Waals surface area contributed by atoms with Crippen LogP contribution in [0.1, 0.15) is 17.5 Å². The third-order valence-corrected chi connectivity index (χ3v) is 3.40. The molecular weight excluding hydrogens is 258 g/mol. The Bertz CT molecular complexity index is 636. The van der Waals surface area contributed by atoms with Crippen LogP contribution in [-0.4, -0.2) is 50.8 Å². The van der Waals surface area contributed by atoms with Crippen LogP contribution >= 0.6 is 0 Å². The van der Waals surface area contributed by atoms with Gasteiger partial charge in [0.15, 0.2) is 0 Å². The van der Waals surface area contributed by atoms with Gasteiger partial charge in [-0.15, -0.1) is 0 Å². The summed E-state index contributed by atoms with van der Waals surface area (Å²) in [6.45, 7) is 2.10. The van der Waals surface area contributed by atoms with Crippen LogP contribution in [0.3, 0.4) is 0 Å². The van der Waals surface area contributed by atoms with Crippen molar-refractivity contribution in [2.75, 3.05) is 20.1 Å². The normalized spacial score (nSPS) is 13.1. The van der Waals surface area contributed by atoms with Gasteiger partial charge in [-0.3, -0.25) is 9.69 Å². The lowest BCUT2D eigenvalue weighted by molar-refractivity contribution is -0.138. The fourth-order valence-corrected chi connectivity index (χ4v) is 2.24. The number of aryl methyl sites for hydroxylation is 2. The second kappa shape index (κ2) is 5.60. The fraction of sp³-hybridized carbons (Fsp3) is 0.429. The van der Waals surface area contributed by atoms with Crippen LogP contribution in [0.4, 0.5) is 0 Å². The molecule has 1 unspecified atom stereocenters. The summed E-state index contributed by atoms with van der Waals surface area (Å²) in [5.74, 6) is 0.00476. The summed E-state index contributed by atoms with van der Waals surface area (Å²) in [5, 5.41) is 18.9. The molecule has 2 N–H and O–H groups in total. The third kappa shape index (κ3) is 2.97. The number of rotatable bonds is 5. The minimum Gasteiger partial charge on any atom is -0.480 e. The van der Waals surface area contributed by atoms with E-state index < -0.39 is 12.1 Å². The monoisotopic (exact) mass is 277 g/mol. The van der Waals surface area contributed by atoms with Crippen molar-refractivity contribution in [2.45, 2.75) is 13.0 Å². The van der Waals surface area contributed by atoms with Crippen LogP contribution in [0.2, 0.25) is 0 Å². The fourth-order valence-electron chi connectivity index (χ4n) is 2.24. The highest BCUT2D eigenvalue weighted by Gasteiger charge is 2.14. The summed E-state index contributed by atoms with van der Waals surface area (Å²) in [5.41, 5.74) is 2.59. The zero-order valence-electron chi connectivity index (χ0n) is 11.9. The van der Waals surface area contributed by atoms with E-state index in [0.29, 0.717) is 0 Å². The molecule has 20 heavy (non-hydrogen) atoms. The third-order valence-electron chi connectivity index (χ3n) is 3.40. The SMILES string of the molecule is Cc1nc2cc(C(O)CN(C)CC(=O)O)ccc2n1C. The Morgan fingerprint density at radius 2 is 2.20 bits per heavy atom. The van der Waals surface area contributed by atoms with E-state index in [4.69, 9.17) is 5.11 Å². The van der Waals surface area contributed by atoms with Crippen molar-refractivity contribution in [1.82, 2.24) is 14.5 Å². The predicted molar refractivity (Wildman–Crippen MR) is 75.5 cm³/mol. The molecule has 1 heterocycles. The second-order valence-electron chi connectivity index (χ2n) is 5.07. The number of carbonyl (C=O) groups is 1. The Hall–Kier alpha value is -1.92. The summed E-state index contributed by atoms with van der Waals surface area (Å²) < 4.78 is 1.99. The average molecular weight is 277 g/mol. The largest absolute Gasteiger partial charge is 0.480 e. The average Bonchev–Trinajstić information content (AvgIpc) is 2.63. The number of hydrogen-bond acceptors (Lipinski definition) is 4. The van der Waals surface area contributed by atoms with E-state index in [1.807, 2.05) is 36.7 Å². The van der Waals surface area contributed by atoms with Gasteiger partial charge in [-0.1, -0.05) is 6.07 Å². The van der Waals surface area contributed by atoms with Gasteiger partial charge in [0, 0.05) is 13.6 Å². The molecule has 0 fully saturated rings. The van der Waals surface area contributed by atoms with Gasteiger partial charge in [-0.25, -0.2) is 4.98 Å². The van der Waals surface area contributed by atoms with Crippen molar-refractivity contribution < 1.29 is 15.0 Å². The first-order chi connectivity index (χ1) is 9.38. The zero-order valence-corrected chi connectivity index (χ0v) is 11.9. The van der Waals surface area contributed by atoms with Crippen molar-refractivity contribution in [3.8, 4) is 0 Å². The van der Waals surface area contributed by atoms with Crippen molar-refractivity contribution in [1.29, 1.82) is 0 Å². The van der Waals surface area contributed by atoms with Crippen LogP contribution in [0.25, 0.3) is 11.0 Å². The molecule has 0 bridgehead atoms. The topological polar surface area (TPSA) is 78.6 Å². The molecule has 0 saturated heterocycles. The molecule has 1 atom stereocenters. The Balaban J connectivity index is 2.18. The highest BCUT2D eigenvalue weighted by Crippen LogP contribution is 2.21. The maximum atomic E-state index is 10.6. The maximum absolute atomic E-state index is 10.6. The van der Waals surface area contributed by atoms with Crippen LogP contribution in [0.15, 0.2) is 18.2 Å². The number of benzene rings is 1. The minimum atomic E-state index is -0.907. The van der Waals surface area contributed by atoms with Gasteiger partial charge in [0.2, 0.25) is 0 Å². The van der Waals surface area contributed by atoms with E-state index >= 15 is 0 Å². The molecule has 0 radical (unpaired) electrons. The van der Waals surface area contributed by atoms with Gasteiger partial charge in [0.25, 0.3) is 0 Å². The lowest BCUT2D eigenvalue weighted by atomic mass is 10.1. The number of carboxylic acid groups (broad SMARTS) is 1. The molecule has 6 heteroatoms. The second-order valence-corrected chi connectivity index (χ2v) is 5.07. The summed E-state index contributed by atoms with van der Waals surface area (Å²) in [6.07, 6.45) is -0.730. The number of aliphatic carboxylic acids is 1. The van der Waals surface area contributed by atoms with Crippen LogP contribution in [0.5, 0.6) is 0 Å². The maximum Gasteiger partial charge on any atom is 0.317 e. The summed E-state index contributed by atoms with van der Waals surface area (Å²) in [6, 6.07) is 5.62. The summed E-state index contributed by atoms with van der Waals surface area (Å²) >= 11 is 0. The summed E-state index contributed by atoms with van der Waals surface area (Å²) in [4.78, 5) is 16.6. The molecule has 0 spiro atoms. The molecule has 0 aliphatic carbocycles. The smallest absolute Gasteiger partial charge is 0.317 e. The van der Waals surface area contributed by atoms with Crippen molar-refractivity contribution in [2.24, 2.45) is 7.05 Å². The standard InChI is InChI=1S/C14H19N3O3/c1-9-15-11-6-10(4-5-12(11)17(9)3)13(18)7-16(2)8-14(19)20/h4-6,13,18H,7-8H2,1-3H3,(H,19,20). The number of nitrogens with zero attached hydrogens (tertiary/aromatic N) is 3. The lowest BCUT2D eigenvalue weighted by Gasteiger charge is -2.18. The van der Waals surface area contributed by atoms with Gasteiger partial charge in [-0.2, -0.15) is 0 Å². The molecule has 0 amide bonds. The number of aromatic nitrogens is 2. The number of aliphatic hydroxyl groups excluding tert-OH is 1. The van der Waals surface area contributed by atoms with Crippen molar-refractivity contribution in [3.05, 3.63) is 29.6 Å². The highest BCUT2D eigenvalue weighted by atomic mass is 16.4. The van der Waals surface area contributed by atoms with E-state index in [2.05, 4.69) is 4.98 Å². The van der Waals surface area contributed by atoms with Gasteiger partial charge in [0.1, 0.15) is 5.82 Å². The van der Waals surface area contributed by atoms with E-state index in [0.717, 1.165) is 22.4 Å². The van der Waals surface area contributed by atoms with Gasteiger partial charge in [-0.05, 0) is 31.7 Å². The lowest BCUT2D eigenvalue weighted by Crippen LogP contribution is -2.29. The molecule has 2 aromatic rings. The first kappa shape index (κ1) is 14.5. The minimum absolute atomic E-state index is 0.0952. The molecule has 108 valence electrons. The van der Waals surface area contributed by atoms with E-state index in [-0.39, 0.29) is 13.1 Å². The molecule has 2 rings (SSSR count).